The normalized spacial score (nSPS) is 19.5. The fourth-order valence-electron chi connectivity index (χ4n) is 3.54. The van der Waals surface area contributed by atoms with Crippen molar-refractivity contribution >= 4 is 5.91 Å². The second kappa shape index (κ2) is 8.13. The molecule has 1 atom stereocenters. The summed E-state index contributed by atoms with van der Waals surface area (Å²) in [5, 5.41) is 10.0. The first kappa shape index (κ1) is 18.9. The Kier molecular flexibility index (Phi) is 6.41. The van der Waals surface area contributed by atoms with Gasteiger partial charge in [-0.3, -0.25) is 4.79 Å². The summed E-state index contributed by atoms with van der Waals surface area (Å²) in [7, 11) is 1.64. The van der Waals surface area contributed by atoms with Crippen LogP contribution in [0.2, 0.25) is 0 Å². The number of carbonyl (C=O) groups is 1. The third-order valence-corrected chi connectivity index (χ3v) is 5.62. The Balaban J connectivity index is 2.35. The molecule has 0 radical (unpaired) electrons. The van der Waals surface area contributed by atoms with Gasteiger partial charge in [0.1, 0.15) is 5.60 Å². The fourth-order valence-corrected chi connectivity index (χ4v) is 3.54. The summed E-state index contributed by atoms with van der Waals surface area (Å²) in [6.45, 7) is 4.42. The number of aliphatic hydroxyl groups is 1. The van der Waals surface area contributed by atoms with Gasteiger partial charge in [-0.2, -0.15) is 0 Å². The quantitative estimate of drug-likeness (QED) is 0.830. The van der Waals surface area contributed by atoms with Crippen LogP contribution in [0.15, 0.2) is 30.3 Å². The van der Waals surface area contributed by atoms with Gasteiger partial charge in [0.15, 0.2) is 0 Å². The molecule has 0 aliphatic heterocycles. The summed E-state index contributed by atoms with van der Waals surface area (Å²) in [5.41, 5.74) is -0.254. The van der Waals surface area contributed by atoms with E-state index in [1.165, 1.54) is 0 Å². The molecule has 134 valence electrons. The zero-order chi connectivity index (χ0) is 17.6. The topological polar surface area (TPSA) is 49.8 Å². The number of aliphatic hydroxyl groups excluding tert-OH is 1. The molecule has 1 aromatic carbocycles. The number of ether oxygens (including phenoxy) is 1. The molecule has 2 rings (SSSR count). The molecule has 4 heteroatoms. The van der Waals surface area contributed by atoms with E-state index in [2.05, 4.69) is 0 Å². The summed E-state index contributed by atoms with van der Waals surface area (Å²) in [4.78, 5) is 15.4. The Bertz CT molecular complexity index is 519. The number of hydrogen-bond acceptors (Lipinski definition) is 3. The Morgan fingerprint density at radius 1 is 1.25 bits per heavy atom. The summed E-state index contributed by atoms with van der Waals surface area (Å²) in [6.07, 6.45) is 5.41. The van der Waals surface area contributed by atoms with E-state index in [1.54, 1.807) is 7.11 Å². The molecule has 1 amide bonds. The monoisotopic (exact) mass is 333 g/mol. The minimum Gasteiger partial charge on any atom is -0.394 e. The third kappa shape index (κ3) is 3.81. The second-order valence-electron chi connectivity index (χ2n) is 7.14. The average Bonchev–Trinajstić information content (AvgIpc) is 2.66. The van der Waals surface area contributed by atoms with Crippen molar-refractivity contribution in [3.63, 3.8) is 0 Å². The van der Waals surface area contributed by atoms with Crippen LogP contribution in [0.1, 0.15) is 57.9 Å². The Morgan fingerprint density at radius 2 is 1.88 bits per heavy atom. The van der Waals surface area contributed by atoms with Gasteiger partial charge < -0.3 is 14.7 Å². The van der Waals surface area contributed by atoms with Crippen molar-refractivity contribution in [2.45, 2.75) is 70.1 Å². The van der Waals surface area contributed by atoms with Gasteiger partial charge >= 0.3 is 0 Å². The van der Waals surface area contributed by atoms with Gasteiger partial charge in [-0.15, -0.1) is 0 Å². The van der Waals surface area contributed by atoms with Crippen LogP contribution >= 0.6 is 0 Å². The highest BCUT2D eigenvalue weighted by Gasteiger charge is 2.46. The standard InChI is InChI=1S/C20H31NO3/c1-4-19(2,16-22)21(15-17-11-7-5-8-12-17)18(23)20(24-3)13-9-6-10-14-20/h5,7-8,11-12,22H,4,6,9-10,13-16H2,1-3H3. The number of rotatable bonds is 7. The molecule has 1 saturated carbocycles. The van der Waals surface area contributed by atoms with Crippen molar-refractivity contribution in [2.24, 2.45) is 0 Å². The van der Waals surface area contributed by atoms with Crippen LogP contribution in [0.5, 0.6) is 0 Å². The number of benzene rings is 1. The van der Waals surface area contributed by atoms with Crippen molar-refractivity contribution in [1.29, 1.82) is 0 Å². The molecule has 1 unspecified atom stereocenters. The van der Waals surface area contributed by atoms with Gasteiger partial charge in [0.25, 0.3) is 5.91 Å². The summed E-state index contributed by atoms with van der Waals surface area (Å²) in [5.74, 6) is 0.0203. The molecule has 1 aliphatic rings. The number of amides is 1. The molecule has 1 aliphatic carbocycles. The molecule has 1 aromatic rings. The maximum atomic E-state index is 13.5. The molecule has 1 N–H and O–H groups in total. The van der Waals surface area contributed by atoms with Crippen LogP contribution in [0, 0.1) is 0 Å². The first-order valence-electron chi connectivity index (χ1n) is 9.03. The van der Waals surface area contributed by atoms with Crippen LogP contribution in [0.4, 0.5) is 0 Å². The van der Waals surface area contributed by atoms with Crippen LogP contribution < -0.4 is 0 Å². The number of carbonyl (C=O) groups excluding carboxylic acids is 1. The summed E-state index contributed by atoms with van der Waals surface area (Å²) < 4.78 is 5.77. The van der Waals surface area contributed by atoms with Crippen molar-refractivity contribution in [2.75, 3.05) is 13.7 Å². The van der Waals surface area contributed by atoms with E-state index < -0.39 is 11.1 Å². The van der Waals surface area contributed by atoms with E-state index in [1.807, 2.05) is 49.1 Å². The van der Waals surface area contributed by atoms with E-state index in [-0.39, 0.29) is 12.5 Å². The van der Waals surface area contributed by atoms with E-state index in [0.29, 0.717) is 13.0 Å². The second-order valence-corrected chi connectivity index (χ2v) is 7.14. The lowest BCUT2D eigenvalue weighted by Gasteiger charge is -2.46. The summed E-state index contributed by atoms with van der Waals surface area (Å²) in [6, 6.07) is 9.97. The highest BCUT2D eigenvalue weighted by atomic mass is 16.5. The molecule has 24 heavy (non-hydrogen) atoms. The lowest BCUT2D eigenvalue weighted by molar-refractivity contribution is -0.168. The minimum absolute atomic E-state index is 0.0203. The smallest absolute Gasteiger partial charge is 0.255 e. The third-order valence-electron chi connectivity index (χ3n) is 5.62. The zero-order valence-electron chi connectivity index (χ0n) is 15.3. The van der Waals surface area contributed by atoms with Crippen molar-refractivity contribution in [3.05, 3.63) is 35.9 Å². The molecule has 0 spiro atoms. The van der Waals surface area contributed by atoms with Crippen LogP contribution in [0.25, 0.3) is 0 Å². The van der Waals surface area contributed by atoms with E-state index in [9.17, 15) is 9.90 Å². The predicted octanol–water partition coefficient (Wildman–Crippen LogP) is 3.53. The molecular formula is C20H31NO3. The Labute approximate surface area is 145 Å². The van der Waals surface area contributed by atoms with Crippen LogP contribution in [0.3, 0.4) is 0 Å². The molecule has 0 bridgehead atoms. The maximum Gasteiger partial charge on any atom is 0.255 e. The van der Waals surface area contributed by atoms with Gasteiger partial charge in [0.2, 0.25) is 0 Å². The fraction of sp³-hybridized carbons (Fsp3) is 0.650. The zero-order valence-corrected chi connectivity index (χ0v) is 15.3. The van der Waals surface area contributed by atoms with Gasteiger partial charge in [-0.25, -0.2) is 0 Å². The SMILES string of the molecule is CCC(C)(CO)N(Cc1ccccc1)C(=O)C1(OC)CCCCC1. The molecule has 1 fully saturated rings. The molecule has 0 saturated heterocycles. The number of nitrogens with zero attached hydrogens (tertiary/aromatic N) is 1. The van der Waals surface area contributed by atoms with Gasteiger partial charge in [-0.05, 0) is 31.7 Å². The Morgan fingerprint density at radius 3 is 2.38 bits per heavy atom. The van der Waals surface area contributed by atoms with E-state index in [4.69, 9.17) is 4.74 Å². The molecule has 0 heterocycles. The van der Waals surface area contributed by atoms with Crippen LogP contribution in [-0.2, 0) is 16.1 Å². The van der Waals surface area contributed by atoms with Crippen molar-refractivity contribution in [1.82, 2.24) is 4.90 Å². The average molecular weight is 333 g/mol. The molecular weight excluding hydrogens is 302 g/mol. The first-order valence-corrected chi connectivity index (χ1v) is 9.03. The lowest BCUT2D eigenvalue weighted by atomic mass is 9.82. The summed E-state index contributed by atoms with van der Waals surface area (Å²) >= 11 is 0. The Hall–Kier alpha value is -1.39. The highest BCUT2D eigenvalue weighted by molar-refractivity contribution is 5.86. The lowest BCUT2D eigenvalue weighted by Crippen LogP contribution is -2.59. The maximum absolute atomic E-state index is 13.5. The largest absolute Gasteiger partial charge is 0.394 e. The van der Waals surface area contributed by atoms with E-state index in [0.717, 1.165) is 37.7 Å². The molecule has 0 aromatic heterocycles. The predicted molar refractivity (Wildman–Crippen MR) is 95.6 cm³/mol. The number of methoxy groups -OCH3 is 1. The highest BCUT2D eigenvalue weighted by Crippen LogP contribution is 2.36. The van der Waals surface area contributed by atoms with Crippen molar-refractivity contribution in [3.8, 4) is 0 Å². The number of hydrogen-bond donors (Lipinski definition) is 1. The first-order chi connectivity index (χ1) is 11.5. The van der Waals surface area contributed by atoms with Crippen LogP contribution in [-0.4, -0.2) is 40.8 Å². The molecule has 4 nitrogen and oxygen atoms in total. The van der Waals surface area contributed by atoms with Gasteiger partial charge in [0, 0.05) is 13.7 Å². The van der Waals surface area contributed by atoms with Gasteiger partial charge in [-0.1, -0.05) is 56.5 Å². The van der Waals surface area contributed by atoms with Crippen molar-refractivity contribution < 1.29 is 14.6 Å². The minimum atomic E-state index is -0.737. The van der Waals surface area contributed by atoms with E-state index >= 15 is 0 Å². The van der Waals surface area contributed by atoms with Gasteiger partial charge in [0.05, 0.1) is 12.1 Å².